The predicted molar refractivity (Wildman–Crippen MR) is 76.3 cm³/mol. The van der Waals surface area contributed by atoms with E-state index in [0.717, 1.165) is 16.7 Å². The van der Waals surface area contributed by atoms with Gasteiger partial charge >= 0.3 is 0 Å². The van der Waals surface area contributed by atoms with Crippen LogP contribution in [-0.4, -0.2) is 16.7 Å². The summed E-state index contributed by atoms with van der Waals surface area (Å²) in [5.74, 6) is -1.10. The smallest absolute Gasteiger partial charge is 0.292 e. The second-order valence-corrected chi connectivity index (χ2v) is 4.69. The SMILES string of the molecule is Cc1ccc(C(=O)C(=O)NCc2cccnc2)c(C)c1. The maximum Gasteiger partial charge on any atom is 0.292 e. The van der Waals surface area contributed by atoms with Gasteiger partial charge in [0.15, 0.2) is 0 Å². The van der Waals surface area contributed by atoms with Crippen molar-refractivity contribution in [3.05, 3.63) is 65.0 Å². The average Bonchev–Trinajstić information content (AvgIpc) is 2.45. The van der Waals surface area contributed by atoms with Crippen molar-refractivity contribution in [2.45, 2.75) is 20.4 Å². The second kappa shape index (κ2) is 6.10. The molecule has 0 aliphatic heterocycles. The molecule has 0 spiro atoms. The van der Waals surface area contributed by atoms with E-state index in [9.17, 15) is 9.59 Å². The summed E-state index contributed by atoms with van der Waals surface area (Å²) in [5, 5.41) is 2.61. The third-order valence-electron chi connectivity index (χ3n) is 3.01. The molecular formula is C16H16N2O2. The van der Waals surface area contributed by atoms with Crippen molar-refractivity contribution >= 4 is 11.7 Å². The Bertz CT molecular complexity index is 636. The summed E-state index contributed by atoms with van der Waals surface area (Å²) in [6, 6.07) is 9.04. The maximum atomic E-state index is 12.1. The highest BCUT2D eigenvalue weighted by Crippen LogP contribution is 2.11. The molecule has 0 aliphatic carbocycles. The van der Waals surface area contributed by atoms with E-state index in [4.69, 9.17) is 0 Å². The van der Waals surface area contributed by atoms with Crippen molar-refractivity contribution in [3.63, 3.8) is 0 Å². The summed E-state index contributed by atoms with van der Waals surface area (Å²) in [6.45, 7) is 4.07. The number of carbonyl (C=O) groups excluding carboxylic acids is 2. The maximum absolute atomic E-state index is 12.1. The molecular weight excluding hydrogens is 252 g/mol. The number of aromatic nitrogens is 1. The van der Waals surface area contributed by atoms with E-state index < -0.39 is 11.7 Å². The largest absolute Gasteiger partial charge is 0.345 e. The van der Waals surface area contributed by atoms with Crippen molar-refractivity contribution < 1.29 is 9.59 Å². The Morgan fingerprint density at radius 2 is 2.00 bits per heavy atom. The molecule has 0 fully saturated rings. The molecule has 1 aromatic carbocycles. The highest BCUT2D eigenvalue weighted by atomic mass is 16.2. The van der Waals surface area contributed by atoms with E-state index in [2.05, 4.69) is 10.3 Å². The van der Waals surface area contributed by atoms with E-state index in [-0.39, 0.29) is 0 Å². The minimum atomic E-state index is -0.596. The van der Waals surface area contributed by atoms with Gasteiger partial charge in [0.1, 0.15) is 0 Å². The lowest BCUT2D eigenvalue weighted by atomic mass is 10.0. The Balaban J connectivity index is 2.04. The van der Waals surface area contributed by atoms with Crippen LogP contribution in [0.2, 0.25) is 0 Å². The number of pyridine rings is 1. The number of hydrogen-bond acceptors (Lipinski definition) is 3. The van der Waals surface area contributed by atoms with Crippen LogP contribution < -0.4 is 5.32 Å². The number of benzene rings is 1. The van der Waals surface area contributed by atoms with E-state index in [1.54, 1.807) is 24.5 Å². The van der Waals surface area contributed by atoms with Crippen LogP contribution in [0.1, 0.15) is 27.0 Å². The van der Waals surface area contributed by atoms with Crippen LogP contribution in [0.25, 0.3) is 0 Å². The van der Waals surface area contributed by atoms with Gasteiger partial charge in [-0.05, 0) is 31.0 Å². The van der Waals surface area contributed by atoms with Gasteiger partial charge in [0, 0.05) is 24.5 Å². The Labute approximate surface area is 117 Å². The zero-order valence-electron chi connectivity index (χ0n) is 11.5. The summed E-state index contributed by atoms with van der Waals surface area (Å²) in [5.41, 5.74) is 3.18. The fraction of sp³-hybridized carbons (Fsp3) is 0.188. The number of hydrogen-bond donors (Lipinski definition) is 1. The van der Waals surface area contributed by atoms with Crippen LogP contribution in [0.5, 0.6) is 0 Å². The number of nitrogens with zero attached hydrogens (tertiary/aromatic N) is 1. The van der Waals surface area contributed by atoms with Crippen molar-refractivity contribution in [3.8, 4) is 0 Å². The van der Waals surface area contributed by atoms with Crippen LogP contribution >= 0.6 is 0 Å². The number of Topliss-reactive ketones (excluding diaryl/α,β-unsaturated/α-hetero) is 1. The molecule has 2 aromatic rings. The highest BCUT2D eigenvalue weighted by molar-refractivity contribution is 6.43. The molecule has 1 heterocycles. The minimum Gasteiger partial charge on any atom is -0.345 e. The summed E-state index contributed by atoms with van der Waals surface area (Å²) in [4.78, 5) is 27.9. The second-order valence-electron chi connectivity index (χ2n) is 4.69. The fourth-order valence-electron chi connectivity index (χ4n) is 1.96. The van der Waals surface area contributed by atoms with E-state index >= 15 is 0 Å². The third-order valence-corrected chi connectivity index (χ3v) is 3.01. The zero-order valence-corrected chi connectivity index (χ0v) is 11.5. The molecule has 1 aromatic heterocycles. The Kier molecular flexibility index (Phi) is 4.25. The van der Waals surface area contributed by atoms with Crippen molar-refractivity contribution in [2.75, 3.05) is 0 Å². The minimum absolute atomic E-state index is 0.295. The number of carbonyl (C=O) groups is 2. The van der Waals surface area contributed by atoms with Gasteiger partial charge < -0.3 is 5.32 Å². The van der Waals surface area contributed by atoms with Crippen LogP contribution in [0.15, 0.2) is 42.7 Å². The molecule has 0 bridgehead atoms. The average molecular weight is 268 g/mol. The van der Waals surface area contributed by atoms with Crippen LogP contribution in [0, 0.1) is 13.8 Å². The van der Waals surface area contributed by atoms with E-state index in [1.165, 1.54) is 0 Å². The first kappa shape index (κ1) is 13.9. The van der Waals surface area contributed by atoms with Crippen molar-refractivity contribution in [2.24, 2.45) is 0 Å². The monoisotopic (exact) mass is 268 g/mol. The molecule has 0 radical (unpaired) electrons. The molecule has 4 nitrogen and oxygen atoms in total. The van der Waals surface area contributed by atoms with Gasteiger partial charge in [-0.3, -0.25) is 14.6 Å². The standard InChI is InChI=1S/C16H16N2O2/c1-11-5-6-14(12(2)8-11)15(19)16(20)18-10-13-4-3-7-17-9-13/h3-9H,10H2,1-2H3,(H,18,20). The van der Waals surface area contributed by atoms with Gasteiger partial charge in [0.2, 0.25) is 5.78 Å². The molecule has 0 aliphatic rings. The fourth-order valence-corrected chi connectivity index (χ4v) is 1.96. The predicted octanol–water partition coefficient (Wildman–Crippen LogP) is 2.20. The summed E-state index contributed by atoms with van der Waals surface area (Å²) in [7, 11) is 0. The summed E-state index contributed by atoms with van der Waals surface area (Å²) < 4.78 is 0. The van der Waals surface area contributed by atoms with Crippen LogP contribution in [0.4, 0.5) is 0 Å². The van der Waals surface area contributed by atoms with Gasteiger partial charge in [-0.2, -0.15) is 0 Å². The first-order valence-corrected chi connectivity index (χ1v) is 6.36. The number of ketones is 1. The van der Waals surface area contributed by atoms with E-state index in [0.29, 0.717) is 12.1 Å². The van der Waals surface area contributed by atoms with E-state index in [1.807, 2.05) is 32.0 Å². The van der Waals surface area contributed by atoms with Crippen LogP contribution in [-0.2, 0) is 11.3 Å². The molecule has 0 saturated carbocycles. The van der Waals surface area contributed by atoms with Crippen molar-refractivity contribution in [1.82, 2.24) is 10.3 Å². The lowest BCUT2D eigenvalue weighted by Gasteiger charge is -2.07. The number of nitrogens with one attached hydrogen (secondary N) is 1. The quantitative estimate of drug-likeness (QED) is 0.683. The van der Waals surface area contributed by atoms with Gasteiger partial charge in [0.25, 0.3) is 5.91 Å². The number of amides is 1. The molecule has 1 N–H and O–H groups in total. The number of aryl methyl sites for hydroxylation is 2. The number of rotatable bonds is 4. The molecule has 20 heavy (non-hydrogen) atoms. The summed E-state index contributed by atoms with van der Waals surface area (Å²) in [6.07, 6.45) is 3.31. The Morgan fingerprint density at radius 3 is 2.65 bits per heavy atom. The zero-order chi connectivity index (χ0) is 14.5. The van der Waals surface area contributed by atoms with Gasteiger partial charge in [-0.1, -0.05) is 29.8 Å². The Hall–Kier alpha value is -2.49. The molecule has 2 rings (SSSR count). The lowest BCUT2D eigenvalue weighted by Crippen LogP contribution is -2.31. The molecule has 102 valence electrons. The normalized spacial score (nSPS) is 10.1. The van der Waals surface area contributed by atoms with Crippen LogP contribution in [0.3, 0.4) is 0 Å². The molecule has 0 atom stereocenters. The molecule has 1 amide bonds. The van der Waals surface area contributed by atoms with Gasteiger partial charge in [0.05, 0.1) is 0 Å². The van der Waals surface area contributed by atoms with Gasteiger partial charge in [-0.15, -0.1) is 0 Å². The lowest BCUT2D eigenvalue weighted by molar-refractivity contribution is -0.117. The first-order valence-electron chi connectivity index (χ1n) is 6.36. The molecule has 0 saturated heterocycles. The molecule has 0 unspecified atom stereocenters. The third kappa shape index (κ3) is 3.29. The highest BCUT2D eigenvalue weighted by Gasteiger charge is 2.17. The Morgan fingerprint density at radius 1 is 1.20 bits per heavy atom. The topological polar surface area (TPSA) is 59.1 Å². The molecule has 4 heteroatoms. The van der Waals surface area contributed by atoms with Gasteiger partial charge in [-0.25, -0.2) is 0 Å². The summed E-state index contributed by atoms with van der Waals surface area (Å²) >= 11 is 0. The van der Waals surface area contributed by atoms with Crippen molar-refractivity contribution in [1.29, 1.82) is 0 Å². The first-order chi connectivity index (χ1) is 9.58.